The largest absolute Gasteiger partial charge is 0.376 e. The number of thioether (sulfide) groups is 1. The van der Waals surface area contributed by atoms with Crippen LogP contribution in [0.1, 0.15) is 24.0 Å². The number of rotatable bonds is 10. The van der Waals surface area contributed by atoms with Gasteiger partial charge in [0.05, 0.1) is 18.4 Å². The molecule has 0 N–H and O–H groups in total. The van der Waals surface area contributed by atoms with Gasteiger partial charge in [0.2, 0.25) is 11.1 Å². The van der Waals surface area contributed by atoms with Crippen molar-refractivity contribution in [3.8, 4) is 0 Å². The zero-order chi connectivity index (χ0) is 21.3. The van der Waals surface area contributed by atoms with Gasteiger partial charge in [-0.3, -0.25) is 4.79 Å². The lowest BCUT2D eigenvalue weighted by Crippen LogP contribution is -2.34. The lowest BCUT2D eigenvalue weighted by molar-refractivity contribution is -0.128. The van der Waals surface area contributed by atoms with Crippen LogP contribution in [-0.2, 0) is 29.0 Å². The van der Waals surface area contributed by atoms with Crippen LogP contribution in [0.3, 0.4) is 0 Å². The molecule has 1 atom stereocenters. The van der Waals surface area contributed by atoms with E-state index in [0.717, 1.165) is 31.4 Å². The van der Waals surface area contributed by atoms with E-state index in [9.17, 15) is 4.79 Å². The van der Waals surface area contributed by atoms with Gasteiger partial charge in [-0.15, -0.1) is 5.10 Å². The first-order chi connectivity index (χ1) is 15.3. The topological polar surface area (TPSA) is 73.1 Å². The summed E-state index contributed by atoms with van der Waals surface area (Å²) in [6.45, 7) is 2.68. The summed E-state index contributed by atoms with van der Waals surface area (Å²) in [6, 6.07) is 20.4. The fraction of sp³-hybridized carbons (Fsp3) is 0.391. The number of nitrogens with zero attached hydrogens (tertiary/aromatic N) is 5. The van der Waals surface area contributed by atoms with Crippen molar-refractivity contribution >= 4 is 17.7 Å². The Morgan fingerprint density at radius 3 is 2.55 bits per heavy atom. The lowest BCUT2D eigenvalue weighted by atomic mass is 10.1. The van der Waals surface area contributed by atoms with Crippen molar-refractivity contribution in [2.45, 2.75) is 43.6 Å². The summed E-state index contributed by atoms with van der Waals surface area (Å²) in [5, 5.41) is 12.6. The first-order valence-electron chi connectivity index (χ1n) is 10.6. The average Bonchev–Trinajstić information content (AvgIpc) is 3.49. The van der Waals surface area contributed by atoms with Crippen LogP contribution in [-0.4, -0.2) is 56.0 Å². The quantitative estimate of drug-likeness (QED) is 0.454. The van der Waals surface area contributed by atoms with Crippen LogP contribution in [0.5, 0.6) is 0 Å². The van der Waals surface area contributed by atoms with Crippen LogP contribution >= 0.6 is 11.8 Å². The molecule has 0 aliphatic carbocycles. The Bertz CT molecular complexity index is 945. The van der Waals surface area contributed by atoms with Crippen LogP contribution in [0, 0.1) is 0 Å². The van der Waals surface area contributed by atoms with Crippen molar-refractivity contribution in [2.75, 3.05) is 18.9 Å². The number of hydrogen-bond acceptors (Lipinski definition) is 6. The highest BCUT2D eigenvalue weighted by atomic mass is 32.2. The third kappa shape index (κ3) is 6.38. The number of amides is 1. The lowest BCUT2D eigenvalue weighted by Gasteiger charge is -2.23. The molecule has 0 unspecified atom stereocenters. The van der Waals surface area contributed by atoms with Crippen molar-refractivity contribution < 1.29 is 9.53 Å². The summed E-state index contributed by atoms with van der Waals surface area (Å²) in [6.07, 6.45) is 3.07. The second-order valence-electron chi connectivity index (χ2n) is 7.60. The van der Waals surface area contributed by atoms with Gasteiger partial charge in [0, 0.05) is 19.7 Å². The smallest absolute Gasteiger partial charge is 0.233 e. The standard InChI is InChI=1S/C23H27N5O2S/c29-22(18-31-23-24-25-26-28(23)17-21-12-7-15-30-21)27(16-20-10-5-2-6-11-20)14-13-19-8-3-1-4-9-19/h1-6,8-11,21H,7,12-18H2/t21-/m0/s1. The second kappa shape index (κ2) is 11.1. The Hall–Kier alpha value is -2.71. The first-order valence-corrected chi connectivity index (χ1v) is 11.6. The summed E-state index contributed by atoms with van der Waals surface area (Å²) < 4.78 is 7.43. The van der Waals surface area contributed by atoms with E-state index in [1.807, 2.05) is 41.3 Å². The van der Waals surface area contributed by atoms with E-state index in [2.05, 4.69) is 39.8 Å². The van der Waals surface area contributed by atoms with E-state index in [1.54, 1.807) is 4.68 Å². The van der Waals surface area contributed by atoms with Gasteiger partial charge in [0.1, 0.15) is 0 Å². The molecule has 2 heterocycles. The van der Waals surface area contributed by atoms with Crippen molar-refractivity contribution in [3.05, 3.63) is 71.8 Å². The maximum absolute atomic E-state index is 13.1. The van der Waals surface area contributed by atoms with Crippen LogP contribution in [0.15, 0.2) is 65.8 Å². The van der Waals surface area contributed by atoms with Gasteiger partial charge >= 0.3 is 0 Å². The Kier molecular flexibility index (Phi) is 7.68. The van der Waals surface area contributed by atoms with E-state index in [4.69, 9.17) is 4.74 Å². The molecule has 3 aromatic rings. The zero-order valence-corrected chi connectivity index (χ0v) is 18.3. The van der Waals surface area contributed by atoms with Crippen molar-refractivity contribution in [3.63, 3.8) is 0 Å². The predicted octanol–water partition coefficient (Wildman–Crippen LogP) is 3.22. The van der Waals surface area contributed by atoms with E-state index < -0.39 is 0 Å². The summed E-state index contributed by atoms with van der Waals surface area (Å²) in [4.78, 5) is 15.0. The highest BCUT2D eigenvalue weighted by molar-refractivity contribution is 7.99. The molecular formula is C23H27N5O2S. The SMILES string of the molecule is O=C(CSc1nnnn1C[C@@H]1CCCO1)N(CCc1ccccc1)Cc1ccccc1. The van der Waals surface area contributed by atoms with E-state index in [0.29, 0.717) is 30.5 Å². The number of benzene rings is 2. The van der Waals surface area contributed by atoms with Crippen molar-refractivity contribution in [2.24, 2.45) is 0 Å². The molecule has 8 heteroatoms. The molecule has 31 heavy (non-hydrogen) atoms. The molecule has 1 saturated heterocycles. The summed E-state index contributed by atoms with van der Waals surface area (Å²) >= 11 is 1.39. The number of ether oxygens (including phenoxy) is 1. The molecule has 0 bridgehead atoms. The summed E-state index contributed by atoms with van der Waals surface area (Å²) in [5.74, 6) is 0.379. The minimum absolute atomic E-state index is 0.0800. The van der Waals surface area contributed by atoms with Gasteiger partial charge in [0.15, 0.2) is 0 Å². The minimum atomic E-state index is 0.0800. The van der Waals surface area contributed by atoms with Gasteiger partial charge in [-0.1, -0.05) is 72.4 Å². The van der Waals surface area contributed by atoms with Gasteiger partial charge < -0.3 is 9.64 Å². The normalized spacial score (nSPS) is 15.8. The predicted molar refractivity (Wildman–Crippen MR) is 120 cm³/mol. The third-order valence-electron chi connectivity index (χ3n) is 5.31. The van der Waals surface area contributed by atoms with Crippen LogP contribution in [0.2, 0.25) is 0 Å². The van der Waals surface area contributed by atoms with Crippen LogP contribution in [0.4, 0.5) is 0 Å². The fourth-order valence-corrected chi connectivity index (χ4v) is 4.41. The second-order valence-corrected chi connectivity index (χ2v) is 8.55. The maximum Gasteiger partial charge on any atom is 0.233 e. The summed E-state index contributed by atoms with van der Waals surface area (Å²) in [7, 11) is 0. The van der Waals surface area contributed by atoms with Gasteiger partial charge in [0.25, 0.3) is 0 Å². The molecule has 0 saturated carbocycles. The molecule has 0 spiro atoms. The highest BCUT2D eigenvalue weighted by Gasteiger charge is 2.20. The van der Waals surface area contributed by atoms with Gasteiger partial charge in [-0.2, -0.15) is 0 Å². The minimum Gasteiger partial charge on any atom is -0.376 e. The molecule has 7 nitrogen and oxygen atoms in total. The third-order valence-corrected chi connectivity index (χ3v) is 6.25. The first kappa shape index (κ1) is 21.5. The van der Waals surface area contributed by atoms with Crippen LogP contribution < -0.4 is 0 Å². The molecule has 1 amide bonds. The number of aromatic nitrogens is 4. The molecule has 1 aromatic heterocycles. The number of carbonyl (C=O) groups excluding carboxylic acids is 1. The van der Waals surface area contributed by atoms with Crippen molar-refractivity contribution in [1.29, 1.82) is 0 Å². The van der Waals surface area contributed by atoms with E-state index in [1.165, 1.54) is 17.3 Å². The van der Waals surface area contributed by atoms with Crippen LogP contribution in [0.25, 0.3) is 0 Å². The van der Waals surface area contributed by atoms with Gasteiger partial charge in [-0.05, 0) is 40.8 Å². The van der Waals surface area contributed by atoms with E-state index >= 15 is 0 Å². The molecule has 0 radical (unpaired) electrons. The molecule has 4 rings (SSSR count). The molecule has 162 valence electrons. The molecule has 1 fully saturated rings. The molecule has 2 aromatic carbocycles. The summed E-state index contributed by atoms with van der Waals surface area (Å²) in [5.41, 5.74) is 2.35. The molecular weight excluding hydrogens is 410 g/mol. The highest BCUT2D eigenvalue weighted by Crippen LogP contribution is 2.19. The Morgan fingerprint density at radius 2 is 1.84 bits per heavy atom. The number of carbonyl (C=O) groups is 1. The average molecular weight is 438 g/mol. The number of hydrogen-bond donors (Lipinski definition) is 0. The monoisotopic (exact) mass is 437 g/mol. The van der Waals surface area contributed by atoms with Gasteiger partial charge in [-0.25, -0.2) is 4.68 Å². The Balaban J connectivity index is 1.37. The molecule has 1 aliphatic heterocycles. The van der Waals surface area contributed by atoms with E-state index in [-0.39, 0.29) is 12.0 Å². The Labute approximate surface area is 186 Å². The maximum atomic E-state index is 13.1. The molecule has 1 aliphatic rings. The zero-order valence-electron chi connectivity index (χ0n) is 17.5. The van der Waals surface area contributed by atoms with Crippen molar-refractivity contribution in [1.82, 2.24) is 25.1 Å². The fourth-order valence-electron chi connectivity index (χ4n) is 3.62. The number of tetrazole rings is 1. The Morgan fingerprint density at radius 1 is 1.10 bits per heavy atom.